The first-order valence-corrected chi connectivity index (χ1v) is 13.2. The number of fused-ring (bicyclic) bond motifs is 1. The second-order valence-corrected chi connectivity index (χ2v) is 10.2. The molecule has 0 unspecified atom stereocenters. The van der Waals surface area contributed by atoms with Crippen LogP contribution in [0, 0.1) is 5.92 Å². The number of rotatable bonds is 8. The van der Waals surface area contributed by atoms with E-state index >= 15 is 0 Å². The van der Waals surface area contributed by atoms with E-state index in [0.29, 0.717) is 36.8 Å². The summed E-state index contributed by atoms with van der Waals surface area (Å²) in [5.41, 5.74) is 0.526. The van der Waals surface area contributed by atoms with Crippen LogP contribution < -0.4 is 20.1 Å². The van der Waals surface area contributed by atoms with Crippen molar-refractivity contribution < 1.29 is 23.9 Å². The number of hydrogen-bond donors (Lipinski definition) is 2. The minimum absolute atomic E-state index is 0.00465. The first-order valence-electron chi connectivity index (χ1n) is 12.4. The Morgan fingerprint density at radius 2 is 1.83 bits per heavy atom. The smallest absolute Gasteiger partial charge is 0.286 e. The van der Waals surface area contributed by atoms with Gasteiger partial charge >= 0.3 is 0 Å². The number of aromatic nitrogens is 2. The molecule has 0 spiro atoms. The average molecular weight is 515 g/mol. The third-order valence-electron chi connectivity index (χ3n) is 6.66. The highest BCUT2D eigenvalue weighted by Crippen LogP contribution is 2.34. The summed E-state index contributed by atoms with van der Waals surface area (Å²) in [7, 11) is 0. The van der Waals surface area contributed by atoms with Gasteiger partial charge in [0.25, 0.3) is 11.8 Å². The van der Waals surface area contributed by atoms with Crippen molar-refractivity contribution in [1.82, 2.24) is 25.3 Å². The monoisotopic (exact) mass is 514 g/mol. The molecule has 2 aromatic rings. The number of piperidine rings is 1. The van der Waals surface area contributed by atoms with Gasteiger partial charge in [-0.2, -0.15) is 0 Å². The molecular weight excluding hydrogens is 484 g/mol. The van der Waals surface area contributed by atoms with Gasteiger partial charge < -0.3 is 29.9 Å². The number of carbonyl (C=O) groups excluding carboxylic acids is 3. The van der Waals surface area contributed by atoms with Gasteiger partial charge in [0, 0.05) is 31.4 Å². The highest BCUT2D eigenvalue weighted by Gasteiger charge is 2.31. The first kappa shape index (κ1) is 24.4. The summed E-state index contributed by atoms with van der Waals surface area (Å²) in [5.74, 6) is 0.158. The van der Waals surface area contributed by atoms with Crippen LogP contribution in [0.2, 0.25) is 0 Å². The molecule has 3 amide bonds. The number of nitrogens with one attached hydrogen (secondary N) is 2. The van der Waals surface area contributed by atoms with Gasteiger partial charge in [-0.15, -0.1) is 10.2 Å². The van der Waals surface area contributed by atoms with Crippen LogP contribution in [0.1, 0.15) is 51.7 Å². The number of likely N-dealkylation sites (tertiary alicyclic amines) is 2. The Kier molecular flexibility index (Phi) is 7.61. The minimum atomic E-state index is -0.463. The van der Waals surface area contributed by atoms with E-state index in [1.165, 1.54) is 12.8 Å². The van der Waals surface area contributed by atoms with Crippen molar-refractivity contribution in [2.75, 3.05) is 51.4 Å². The highest BCUT2D eigenvalue weighted by molar-refractivity contribution is 7.15. The van der Waals surface area contributed by atoms with Crippen LogP contribution in [-0.2, 0) is 4.79 Å². The maximum Gasteiger partial charge on any atom is 0.286 e. The summed E-state index contributed by atoms with van der Waals surface area (Å²) in [4.78, 5) is 42.4. The normalized spacial score (nSPS) is 19.3. The predicted octanol–water partition coefficient (Wildman–Crippen LogP) is 1.97. The Hall–Kier alpha value is -3.25. The Balaban J connectivity index is 1.11. The molecule has 4 heterocycles. The largest absolute Gasteiger partial charge is 0.454 e. The molecular formula is C24H30N6O5S. The zero-order valence-electron chi connectivity index (χ0n) is 20.0. The average Bonchev–Trinajstić information content (AvgIpc) is 3.68. The molecule has 0 bridgehead atoms. The Morgan fingerprint density at radius 3 is 2.69 bits per heavy atom. The lowest BCUT2D eigenvalue weighted by molar-refractivity contribution is -0.126. The maximum absolute atomic E-state index is 13.0. The number of carbonyl (C=O) groups is 3. The van der Waals surface area contributed by atoms with Crippen molar-refractivity contribution in [2.24, 2.45) is 5.92 Å². The lowest BCUT2D eigenvalue weighted by Crippen LogP contribution is -2.45. The molecule has 0 saturated carbocycles. The van der Waals surface area contributed by atoms with Gasteiger partial charge in [0.2, 0.25) is 22.7 Å². The van der Waals surface area contributed by atoms with Crippen molar-refractivity contribution >= 4 is 34.7 Å². The van der Waals surface area contributed by atoms with Crippen LogP contribution in [0.3, 0.4) is 0 Å². The predicted molar refractivity (Wildman–Crippen MR) is 132 cm³/mol. The SMILES string of the molecule is O=C(Nc1ccc2c(c1)OCO2)c1nnc(C(=O)N2CCC[C@@H](C(=O)NCCCN3CCCC3)C2)s1. The van der Waals surface area contributed by atoms with E-state index in [1.807, 2.05) is 0 Å². The summed E-state index contributed by atoms with van der Waals surface area (Å²) in [6, 6.07) is 5.08. The van der Waals surface area contributed by atoms with Gasteiger partial charge in [0.1, 0.15) is 0 Å². The Bertz CT molecular complexity index is 1120. The Morgan fingerprint density at radius 1 is 1.03 bits per heavy atom. The summed E-state index contributed by atoms with van der Waals surface area (Å²) >= 11 is 0.939. The number of benzene rings is 1. The van der Waals surface area contributed by atoms with Crippen molar-refractivity contribution in [2.45, 2.75) is 32.1 Å². The van der Waals surface area contributed by atoms with Crippen LogP contribution in [0.5, 0.6) is 11.5 Å². The van der Waals surface area contributed by atoms with Gasteiger partial charge in [-0.25, -0.2) is 0 Å². The van der Waals surface area contributed by atoms with Gasteiger partial charge in [0.15, 0.2) is 11.5 Å². The fourth-order valence-electron chi connectivity index (χ4n) is 4.74. The van der Waals surface area contributed by atoms with Crippen molar-refractivity contribution in [1.29, 1.82) is 0 Å². The zero-order chi connectivity index (χ0) is 24.9. The van der Waals surface area contributed by atoms with Gasteiger partial charge in [-0.05, 0) is 63.9 Å². The molecule has 192 valence electrons. The van der Waals surface area contributed by atoms with E-state index in [-0.39, 0.29) is 34.5 Å². The molecule has 2 fully saturated rings. The second kappa shape index (κ2) is 11.2. The van der Waals surface area contributed by atoms with Gasteiger partial charge in [0.05, 0.1) is 5.92 Å². The zero-order valence-corrected chi connectivity index (χ0v) is 20.8. The molecule has 3 aliphatic rings. The fraction of sp³-hybridized carbons (Fsp3) is 0.542. The third-order valence-corrected chi connectivity index (χ3v) is 7.57. The number of amides is 3. The van der Waals surface area contributed by atoms with Crippen molar-refractivity contribution in [3.05, 3.63) is 28.2 Å². The maximum atomic E-state index is 13.0. The van der Waals surface area contributed by atoms with Crippen molar-refractivity contribution in [3.63, 3.8) is 0 Å². The quantitative estimate of drug-likeness (QED) is 0.512. The number of ether oxygens (including phenoxy) is 2. The number of hydrogen-bond acceptors (Lipinski definition) is 9. The van der Waals surface area contributed by atoms with E-state index in [0.717, 1.165) is 50.2 Å². The lowest BCUT2D eigenvalue weighted by atomic mass is 9.97. The van der Waals surface area contributed by atoms with Crippen LogP contribution in [-0.4, -0.2) is 83.8 Å². The molecule has 1 aromatic carbocycles. The van der Waals surface area contributed by atoms with E-state index in [4.69, 9.17) is 9.47 Å². The van der Waals surface area contributed by atoms with Crippen LogP contribution in [0.4, 0.5) is 5.69 Å². The molecule has 12 heteroatoms. The van der Waals surface area contributed by atoms with Crippen molar-refractivity contribution in [3.8, 4) is 11.5 Å². The lowest BCUT2D eigenvalue weighted by Gasteiger charge is -2.31. The molecule has 1 atom stereocenters. The molecule has 1 aromatic heterocycles. The molecule has 11 nitrogen and oxygen atoms in total. The molecule has 5 rings (SSSR count). The van der Waals surface area contributed by atoms with E-state index in [9.17, 15) is 14.4 Å². The molecule has 36 heavy (non-hydrogen) atoms. The number of nitrogens with zero attached hydrogens (tertiary/aromatic N) is 4. The molecule has 3 aliphatic heterocycles. The molecule has 0 radical (unpaired) electrons. The Labute approximate surface area is 213 Å². The fourth-order valence-corrected chi connectivity index (χ4v) is 5.44. The molecule has 2 N–H and O–H groups in total. The topological polar surface area (TPSA) is 126 Å². The summed E-state index contributed by atoms with van der Waals surface area (Å²) in [6.07, 6.45) is 4.95. The molecule has 0 aliphatic carbocycles. The van der Waals surface area contributed by atoms with E-state index in [1.54, 1.807) is 23.1 Å². The first-order chi connectivity index (χ1) is 17.6. The number of anilines is 1. The van der Waals surface area contributed by atoms with Crippen LogP contribution >= 0.6 is 11.3 Å². The second-order valence-electron chi connectivity index (χ2n) is 9.22. The third kappa shape index (κ3) is 5.76. The van der Waals surface area contributed by atoms with Crippen LogP contribution in [0.25, 0.3) is 0 Å². The van der Waals surface area contributed by atoms with Crippen LogP contribution in [0.15, 0.2) is 18.2 Å². The summed E-state index contributed by atoms with van der Waals surface area (Å²) in [6.45, 7) is 5.01. The minimum Gasteiger partial charge on any atom is -0.454 e. The summed E-state index contributed by atoms with van der Waals surface area (Å²) < 4.78 is 10.6. The molecule has 2 saturated heterocycles. The highest BCUT2D eigenvalue weighted by atomic mass is 32.1. The van der Waals surface area contributed by atoms with Gasteiger partial charge in [-0.3, -0.25) is 14.4 Å². The van der Waals surface area contributed by atoms with E-state index < -0.39 is 5.91 Å². The van der Waals surface area contributed by atoms with Gasteiger partial charge in [-0.1, -0.05) is 11.3 Å². The summed E-state index contributed by atoms with van der Waals surface area (Å²) in [5, 5.41) is 13.8. The standard InChI is InChI=1S/C24H30N6O5S/c31-20(25-8-4-11-29-9-1-2-10-29)16-5-3-12-30(14-16)24(33)23-28-27-22(36-23)21(32)26-17-6-7-18-19(13-17)35-15-34-18/h6-7,13,16H,1-5,8-12,14-15H2,(H,25,31)(H,26,32)/t16-/m1/s1. The van der Waals surface area contributed by atoms with E-state index in [2.05, 4.69) is 25.7 Å².